The van der Waals surface area contributed by atoms with Gasteiger partial charge in [-0.2, -0.15) is 0 Å². The minimum atomic E-state index is 0.778. The van der Waals surface area contributed by atoms with E-state index in [0.29, 0.717) is 0 Å². The van der Waals surface area contributed by atoms with Crippen LogP contribution in [0.25, 0.3) is 10.4 Å². The van der Waals surface area contributed by atoms with Gasteiger partial charge in [-0.15, -0.1) is 11.3 Å². The van der Waals surface area contributed by atoms with Crippen molar-refractivity contribution in [2.75, 3.05) is 31.3 Å². The Labute approximate surface area is 112 Å². The van der Waals surface area contributed by atoms with E-state index in [2.05, 4.69) is 22.8 Å². The number of nitrogens with one attached hydrogen (secondary N) is 1. The van der Waals surface area contributed by atoms with E-state index in [4.69, 9.17) is 10.5 Å². The highest BCUT2D eigenvalue weighted by Gasteiger charge is 2.04. The van der Waals surface area contributed by atoms with Gasteiger partial charge in [-0.1, -0.05) is 6.07 Å². The van der Waals surface area contributed by atoms with Crippen LogP contribution in [0.2, 0.25) is 0 Å². The van der Waals surface area contributed by atoms with Crippen molar-refractivity contribution in [3.05, 3.63) is 35.7 Å². The van der Waals surface area contributed by atoms with E-state index in [1.807, 2.05) is 18.2 Å². The highest BCUT2D eigenvalue weighted by molar-refractivity contribution is 7.13. The van der Waals surface area contributed by atoms with Gasteiger partial charge in [-0.05, 0) is 36.1 Å². The van der Waals surface area contributed by atoms with Gasteiger partial charge >= 0.3 is 0 Å². The molecule has 0 aliphatic carbocycles. The largest absolute Gasteiger partial charge is 0.398 e. The lowest BCUT2D eigenvalue weighted by Crippen LogP contribution is -2.04. The summed E-state index contributed by atoms with van der Waals surface area (Å²) in [6.07, 6.45) is 0.995. The van der Waals surface area contributed by atoms with Crippen LogP contribution in [0.4, 0.5) is 11.4 Å². The molecular weight excluding hydrogens is 244 g/mol. The number of ether oxygens (including phenoxy) is 1. The Morgan fingerprint density at radius 3 is 2.94 bits per heavy atom. The lowest BCUT2D eigenvalue weighted by Gasteiger charge is -2.09. The van der Waals surface area contributed by atoms with E-state index in [1.165, 1.54) is 4.88 Å². The first-order chi connectivity index (χ1) is 8.81. The van der Waals surface area contributed by atoms with Crippen molar-refractivity contribution >= 4 is 22.7 Å². The fourth-order valence-electron chi connectivity index (χ4n) is 1.76. The minimum Gasteiger partial charge on any atom is -0.398 e. The fourth-order valence-corrected chi connectivity index (χ4v) is 2.53. The molecule has 3 nitrogen and oxygen atoms in total. The Hall–Kier alpha value is -1.52. The maximum Gasteiger partial charge on any atom is 0.0479 e. The lowest BCUT2D eigenvalue weighted by molar-refractivity contribution is 0.198. The van der Waals surface area contributed by atoms with Gasteiger partial charge in [0, 0.05) is 42.1 Å². The van der Waals surface area contributed by atoms with E-state index >= 15 is 0 Å². The second-order valence-corrected chi connectivity index (χ2v) is 5.00. The summed E-state index contributed by atoms with van der Waals surface area (Å²) in [6.45, 7) is 1.68. The molecular formula is C14H18N2OS. The number of nitrogen functional groups attached to an aromatic ring is 1. The third-order valence-corrected chi connectivity index (χ3v) is 3.60. The maximum absolute atomic E-state index is 6.02. The zero-order valence-electron chi connectivity index (χ0n) is 10.5. The topological polar surface area (TPSA) is 47.3 Å². The summed E-state index contributed by atoms with van der Waals surface area (Å²) in [5.74, 6) is 0. The Morgan fingerprint density at radius 2 is 2.22 bits per heavy atom. The van der Waals surface area contributed by atoms with Gasteiger partial charge in [0.1, 0.15) is 0 Å². The number of anilines is 2. The van der Waals surface area contributed by atoms with Gasteiger partial charge in [-0.3, -0.25) is 0 Å². The molecule has 0 fully saturated rings. The zero-order valence-corrected chi connectivity index (χ0v) is 11.3. The molecule has 0 spiro atoms. The highest BCUT2D eigenvalue weighted by atomic mass is 32.1. The smallest absolute Gasteiger partial charge is 0.0479 e. The minimum absolute atomic E-state index is 0.778. The van der Waals surface area contributed by atoms with Gasteiger partial charge in [-0.25, -0.2) is 0 Å². The molecule has 1 aromatic heterocycles. The summed E-state index contributed by atoms with van der Waals surface area (Å²) in [6, 6.07) is 10.2. The van der Waals surface area contributed by atoms with Gasteiger partial charge in [0.15, 0.2) is 0 Å². The van der Waals surface area contributed by atoms with E-state index in [0.717, 1.165) is 36.5 Å². The third-order valence-electron chi connectivity index (χ3n) is 2.69. The predicted octanol–water partition coefficient (Wildman–Crippen LogP) is 3.45. The number of hydrogen-bond acceptors (Lipinski definition) is 4. The molecule has 0 saturated heterocycles. The van der Waals surface area contributed by atoms with Crippen LogP contribution in [0, 0.1) is 0 Å². The summed E-state index contributed by atoms with van der Waals surface area (Å²) in [7, 11) is 1.72. The second-order valence-electron chi connectivity index (χ2n) is 4.05. The van der Waals surface area contributed by atoms with Crippen LogP contribution in [-0.2, 0) is 4.74 Å². The van der Waals surface area contributed by atoms with Crippen LogP contribution in [0.5, 0.6) is 0 Å². The molecule has 0 unspecified atom stereocenters. The molecule has 0 saturated carbocycles. The molecule has 0 amide bonds. The fraction of sp³-hybridized carbons (Fsp3) is 0.286. The van der Waals surface area contributed by atoms with Crippen molar-refractivity contribution in [3.63, 3.8) is 0 Å². The first-order valence-corrected chi connectivity index (χ1v) is 6.85. The summed E-state index contributed by atoms with van der Waals surface area (Å²) in [5, 5.41) is 5.44. The first-order valence-electron chi connectivity index (χ1n) is 5.97. The van der Waals surface area contributed by atoms with Gasteiger partial charge < -0.3 is 15.8 Å². The van der Waals surface area contributed by atoms with Crippen LogP contribution < -0.4 is 11.1 Å². The summed E-state index contributed by atoms with van der Waals surface area (Å²) in [4.78, 5) is 1.20. The van der Waals surface area contributed by atoms with E-state index in [1.54, 1.807) is 18.4 Å². The van der Waals surface area contributed by atoms with Crippen molar-refractivity contribution in [2.24, 2.45) is 0 Å². The van der Waals surface area contributed by atoms with Crippen molar-refractivity contribution in [1.82, 2.24) is 0 Å². The van der Waals surface area contributed by atoms with Crippen LogP contribution in [-0.4, -0.2) is 20.3 Å². The molecule has 0 radical (unpaired) electrons. The monoisotopic (exact) mass is 262 g/mol. The zero-order chi connectivity index (χ0) is 12.8. The average Bonchev–Trinajstić information content (AvgIpc) is 2.90. The van der Waals surface area contributed by atoms with E-state index in [9.17, 15) is 0 Å². The normalized spacial score (nSPS) is 10.5. The van der Waals surface area contributed by atoms with Gasteiger partial charge in [0.25, 0.3) is 0 Å². The van der Waals surface area contributed by atoms with Crippen LogP contribution in [0.1, 0.15) is 6.42 Å². The van der Waals surface area contributed by atoms with Crippen LogP contribution >= 0.6 is 11.3 Å². The van der Waals surface area contributed by atoms with E-state index < -0.39 is 0 Å². The molecule has 18 heavy (non-hydrogen) atoms. The van der Waals surface area contributed by atoms with Crippen molar-refractivity contribution in [2.45, 2.75) is 6.42 Å². The molecule has 4 heteroatoms. The standard InChI is InChI=1S/C14H18N2OS/c1-17-8-3-7-16-11-5-6-13(15)12(10-11)14-4-2-9-18-14/h2,4-6,9-10,16H,3,7-8,15H2,1H3. The molecule has 1 heterocycles. The molecule has 0 aliphatic heterocycles. The van der Waals surface area contributed by atoms with Crippen molar-refractivity contribution in [1.29, 1.82) is 0 Å². The molecule has 2 rings (SSSR count). The lowest BCUT2D eigenvalue weighted by atomic mass is 10.1. The Morgan fingerprint density at radius 1 is 1.33 bits per heavy atom. The molecule has 96 valence electrons. The number of hydrogen-bond donors (Lipinski definition) is 2. The molecule has 2 aromatic rings. The summed E-state index contributed by atoms with van der Waals surface area (Å²) < 4.78 is 5.02. The second kappa shape index (κ2) is 6.42. The Balaban J connectivity index is 2.07. The number of nitrogens with two attached hydrogens (primary N) is 1. The predicted molar refractivity (Wildman–Crippen MR) is 79.2 cm³/mol. The first kappa shape index (κ1) is 12.9. The third kappa shape index (κ3) is 3.24. The van der Waals surface area contributed by atoms with Gasteiger partial charge in [0.2, 0.25) is 0 Å². The van der Waals surface area contributed by atoms with Crippen molar-refractivity contribution < 1.29 is 4.74 Å². The van der Waals surface area contributed by atoms with Crippen LogP contribution in [0.15, 0.2) is 35.7 Å². The molecule has 0 bridgehead atoms. The Bertz CT molecular complexity index is 483. The number of methoxy groups -OCH3 is 1. The Kier molecular flexibility index (Phi) is 4.61. The summed E-state index contributed by atoms with van der Waals surface area (Å²) >= 11 is 1.70. The molecule has 0 atom stereocenters. The molecule has 1 aromatic carbocycles. The van der Waals surface area contributed by atoms with Gasteiger partial charge in [0.05, 0.1) is 0 Å². The molecule has 0 aliphatic rings. The number of benzene rings is 1. The quantitative estimate of drug-likeness (QED) is 0.619. The highest BCUT2D eigenvalue weighted by Crippen LogP contribution is 2.32. The molecule has 3 N–H and O–H groups in total. The average molecular weight is 262 g/mol. The summed E-state index contributed by atoms with van der Waals surface area (Å²) in [5.41, 5.74) is 9.03. The number of thiophene rings is 1. The SMILES string of the molecule is COCCCNc1ccc(N)c(-c2cccs2)c1. The maximum atomic E-state index is 6.02. The van der Waals surface area contributed by atoms with Crippen molar-refractivity contribution in [3.8, 4) is 10.4 Å². The van der Waals surface area contributed by atoms with Crippen LogP contribution in [0.3, 0.4) is 0 Å². The number of rotatable bonds is 6. The van der Waals surface area contributed by atoms with E-state index in [-0.39, 0.29) is 0 Å².